The van der Waals surface area contributed by atoms with Crippen LogP contribution in [0, 0.1) is 17.8 Å². The lowest BCUT2D eigenvalue weighted by Gasteiger charge is -2.45. The van der Waals surface area contributed by atoms with E-state index in [1.54, 1.807) is 0 Å². The number of amides is 2. The van der Waals surface area contributed by atoms with E-state index >= 15 is 0 Å². The number of likely N-dealkylation sites (tertiary alicyclic amines) is 1. The Hall–Kier alpha value is -1.40. The van der Waals surface area contributed by atoms with Crippen molar-refractivity contribution < 1.29 is 9.59 Å². The molecule has 3 fully saturated rings. The van der Waals surface area contributed by atoms with E-state index in [-0.39, 0.29) is 17.9 Å². The maximum Gasteiger partial charge on any atom is 0.252 e. The highest BCUT2D eigenvalue weighted by atomic mass is 32.1. The Morgan fingerprint density at radius 2 is 1.81 bits per heavy atom. The minimum Gasteiger partial charge on any atom is -0.349 e. The molecule has 142 valence electrons. The predicted octanol–water partition coefficient (Wildman–Crippen LogP) is 2.62. The molecule has 2 amide bonds. The highest BCUT2D eigenvalue weighted by Gasteiger charge is 2.42. The summed E-state index contributed by atoms with van der Waals surface area (Å²) in [6.07, 6.45) is 7.31. The molecule has 5 nitrogen and oxygen atoms in total. The number of thiophene rings is 1. The summed E-state index contributed by atoms with van der Waals surface area (Å²) in [7, 11) is 0. The first-order chi connectivity index (χ1) is 12.6. The van der Waals surface area contributed by atoms with Crippen molar-refractivity contribution in [2.45, 2.75) is 57.0 Å². The van der Waals surface area contributed by atoms with E-state index in [4.69, 9.17) is 5.73 Å². The quantitative estimate of drug-likeness (QED) is 0.853. The van der Waals surface area contributed by atoms with Gasteiger partial charge in [0.15, 0.2) is 0 Å². The first kappa shape index (κ1) is 18.0. The summed E-state index contributed by atoms with van der Waals surface area (Å²) in [5.41, 5.74) is 7.10. The smallest absolute Gasteiger partial charge is 0.252 e. The third-order valence-electron chi connectivity index (χ3n) is 6.69. The largest absolute Gasteiger partial charge is 0.349 e. The fraction of sp³-hybridized carbons (Fsp3) is 0.700. The molecule has 1 aromatic heterocycles. The summed E-state index contributed by atoms with van der Waals surface area (Å²) in [5.74, 6) is 1.58. The van der Waals surface area contributed by atoms with E-state index in [9.17, 15) is 9.59 Å². The fourth-order valence-corrected chi connectivity index (χ4v) is 5.79. The van der Waals surface area contributed by atoms with Crippen LogP contribution in [-0.2, 0) is 4.79 Å². The molecule has 6 heteroatoms. The van der Waals surface area contributed by atoms with Crippen LogP contribution in [0.3, 0.4) is 0 Å². The van der Waals surface area contributed by atoms with Crippen LogP contribution in [0.2, 0.25) is 0 Å². The zero-order chi connectivity index (χ0) is 18.1. The van der Waals surface area contributed by atoms with Crippen LogP contribution in [0.5, 0.6) is 0 Å². The summed E-state index contributed by atoms with van der Waals surface area (Å²) in [5, 5.41) is 6.90. The van der Waals surface area contributed by atoms with Gasteiger partial charge in [0.2, 0.25) is 5.91 Å². The van der Waals surface area contributed by atoms with Gasteiger partial charge in [0.05, 0.1) is 0 Å². The SMILES string of the molecule is NC1C2CCCC1CC(C(=O)N1CCC(NC(=O)c3ccsc3)CC1)C2. The molecule has 2 unspecified atom stereocenters. The lowest BCUT2D eigenvalue weighted by Crippen LogP contribution is -2.52. The molecule has 0 radical (unpaired) electrons. The number of rotatable bonds is 3. The van der Waals surface area contributed by atoms with Gasteiger partial charge in [0.25, 0.3) is 5.91 Å². The van der Waals surface area contributed by atoms with E-state index in [0.717, 1.165) is 44.3 Å². The number of hydrogen-bond acceptors (Lipinski definition) is 4. The molecule has 3 N–H and O–H groups in total. The Labute approximate surface area is 159 Å². The molecule has 4 rings (SSSR count). The van der Waals surface area contributed by atoms with Gasteiger partial charge in [0, 0.05) is 42.0 Å². The van der Waals surface area contributed by atoms with E-state index in [1.165, 1.54) is 30.6 Å². The van der Waals surface area contributed by atoms with Gasteiger partial charge in [-0.1, -0.05) is 6.42 Å². The molecule has 2 heterocycles. The molecule has 0 aromatic carbocycles. The molecule has 1 aliphatic heterocycles. The number of carbonyl (C=O) groups is 2. The Kier molecular flexibility index (Phi) is 5.32. The van der Waals surface area contributed by atoms with Crippen molar-refractivity contribution in [1.29, 1.82) is 0 Å². The molecule has 1 saturated heterocycles. The number of piperidine rings is 1. The van der Waals surface area contributed by atoms with E-state index < -0.39 is 0 Å². The molecule has 1 aromatic rings. The van der Waals surface area contributed by atoms with Crippen LogP contribution in [-0.4, -0.2) is 41.9 Å². The predicted molar refractivity (Wildman–Crippen MR) is 103 cm³/mol. The van der Waals surface area contributed by atoms with Crippen molar-refractivity contribution in [3.8, 4) is 0 Å². The average molecular weight is 376 g/mol. The van der Waals surface area contributed by atoms with Crippen molar-refractivity contribution in [3.63, 3.8) is 0 Å². The second-order valence-corrected chi connectivity index (χ2v) is 9.06. The van der Waals surface area contributed by atoms with Crippen LogP contribution >= 0.6 is 11.3 Å². The van der Waals surface area contributed by atoms with Gasteiger partial charge in [-0.3, -0.25) is 9.59 Å². The second-order valence-electron chi connectivity index (χ2n) is 8.28. The number of carbonyl (C=O) groups excluding carboxylic acids is 2. The average Bonchev–Trinajstić information content (AvgIpc) is 3.16. The molecule has 3 aliphatic rings. The van der Waals surface area contributed by atoms with Crippen molar-refractivity contribution >= 4 is 23.2 Å². The van der Waals surface area contributed by atoms with Gasteiger partial charge < -0.3 is 16.0 Å². The summed E-state index contributed by atoms with van der Waals surface area (Å²) >= 11 is 1.53. The number of hydrogen-bond donors (Lipinski definition) is 2. The standard InChI is InChI=1S/C20H29N3O2S/c21-18-13-2-1-3-14(18)11-16(10-13)20(25)23-7-4-17(5-8-23)22-19(24)15-6-9-26-12-15/h6,9,12-14,16-18H,1-5,7-8,10-11,21H2,(H,22,24). The molecule has 26 heavy (non-hydrogen) atoms. The minimum absolute atomic E-state index is 0.00474. The zero-order valence-corrected chi connectivity index (χ0v) is 16.0. The highest BCUT2D eigenvalue weighted by Crippen LogP contribution is 2.42. The van der Waals surface area contributed by atoms with Crippen LogP contribution < -0.4 is 11.1 Å². The molecule has 2 aliphatic carbocycles. The zero-order valence-electron chi connectivity index (χ0n) is 15.2. The first-order valence-corrected chi connectivity index (χ1v) is 10.9. The first-order valence-electron chi connectivity index (χ1n) is 9.99. The molecular weight excluding hydrogens is 346 g/mol. The van der Waals surface area contributed by atoms with Crippen molar-refractivity contribution in [3.05, 3.63) is 22.4 Å². The molecular formula is C20H29N3O2S. The van der Waals surface area contributed by atoms with Crippen molar-refractivity contribution in [2.75, 3.05) is 13.1 Å². The maximum absolute atomic E-state index is 13.0. The van der Waals surface area contributed by atoms with Gasteiger partial charge in [-0.2, -0.15) is 11.3 Å². The summed E-state index contributed by atoms with van der Waals surface area (Å²) in [6, 6.07) is 2.33. The third-order valence-corrected chi connectivity index (χ3v) is 7.37. The van der Waals surface area contributed by atoms with Gasteiger partial charge >= 0.3 is 0 Å². The van der Waals surface area contributed by atoms with Gasteiger partial charge in [-0.05, 0) is 61.8 Å². The van der Waals surface area contributed by atoms with Gasteiger partial charge in [-0.15, -0.1) is 0 Å². The molecule has 0 spiro atoms. The topological polar surface area (TPSA) is 75.4 Å². The minimum atomic E-state index is 0.00474. The number of nitrogens with zero attached hydrogens (tertiary/aromatic N) is 1. The van der Waals surface area contributed by atoms with Crippen LogP contribution in [0.25, 0.3) is 0 Å². The van der Waals surface area contributed by atoms with Gasteiger partial charge in [0.1, 0.15) is 0 Å². The Balaban J connectivity index is 1.28. The van der Waals surface area contributed by atoms with Crippen LogP contribution in [0.15, 0.2) is 16.8 Å². The fourth-order valence-electron chi connectivity index (χ4n) is 5.16. The molecule has 2 saturated carbocycles. The number of nitrogens with two attached hydrogens (primary N) is 1. The molecule has 2 atom stereocenters. The Morgan fingerprint density at radius 1 is 1.12 bits per heavy atom. The third kappa shape index (κ3) is 3.67. The molecule has 2 bridgehead atoms. The normalized spacial score (nSPS) is 32.3. The van der Waals surface area contributed by atoms with Gasteiger partial charge in [-0.25, -0.2) is 0 Å². The van der Waals surface area contributed by atoms with E-state index in [2.05, 4.69) is 5.32 Å². The second kappa shape index (κ2) is 7.69. The van der Waals surface area contributed by atoms with E-state index in [1.807, 2.05) is 21.7 Å². The number of fused-ring (bicyclic) bond motifs is 2. The lowest BCUT2D eigenvalue weighted by molar-refractivity contribution is -0.139. The lowest BCUT2D eigenvalue weighted by atomic mass is 9.65. The van der Waals surface area contributed by atoms with Crippen molar-refractivity contribution in [2.24, 2.45) is 23.5 Å². The van der Waals surface area contributed by atoms with Crippen LogP contribution in [0.4, 0.5) is 0 Å². The maximum atomic E-state index is 13.0. The Bertz CT molecular complexity index is 625. The van der Waals surface area contributed by atoms with Crippen molar-refractivity contribution in [1.82, 2.24) is 10.2 Å². The summed E-state index contributed by atoms with van der Waals surface area (Å²) in [6.45, 7) is 1.51. The number of nitrogens with one attached hydrogen (secondary N) is 1. The highest BCUT2D eigenvalue weighted by molar-refractivity contribution is 7.08. The monoisotopic (exact) mass is 375 g/mol. The summed E-state index contributed by atoms with van der Waals surface area (Å²) < 4.78 is 0. The Morgan fingerprint density at radius 3 is 2.42 bits per heavy atom. The van der Waals surface area contributed by atoms with Crippen LogP contribution in [0.1, 0.15) is 55.3 Å². The van der Waals surface area contributed by atoms with E-state index in [0.29, 0.717) is 23.8 Å². The summed E-state index contributed by atoms with van der Waals surface area (Å²) in [4.78, 5) is 27.2.